The fourth-order valence-corrected chi connectivity index (χ4v) is 5.03. The molecule has 0 spiro atoms. The lowest BCUT2D eigenvalue weighted by Gasteiger charge is -2.37. The first-order valence-corrected chi connectivity index (χ1v) is 11.9. The van der Waals surface area contributed by atoms with E-state index in [0.717, 1.165) is 54.1 Å². The molecule has 3 aromatic rings. The van der Waals surface area contributed by atoms with Gasteiger partial charge in [-0.2, -0.15) is 5.26 Å². The van der Waals surface area contributed by atoms with E-state index in [1.807, 2.05) is 35.2 Å². The molecule has 6 heteroatoms. The predicted molar refractivity (Wildman–Crippen MR) is 132 cm³/mol. The second kappa shape index (κ2) is 9.56. The average molecular weight is 453 g/mol. The Balaban J connectivity index is 1.42. The van der Waals surface area contributed by atoms with Crippen LogP contribution in [0.5, 0.6) is 5.75 Å². The first-order chi connectivity index (χ1) is 16.7. The van der Waals surface area contributed by atoms with Gasteiger partial charge in [-0.1, -0.05) is 30.3 Å². The molecule has 6 nitrogen and oxygen atoms in total. The average Bonchev–Trinajstić information content (AvgIpc) is 2.92. The molecule has 2 aliphatic rings. The van der Waals surface area contributed by atoms with Crippen molar-refractivity contribution in [2.45, 2.75) is 25.7 Å². The molecule has 1 aliphatic carbocycles. The third-order valence-electron chi connectivity index (χ3n) is 6.86. The van der Waals surface area contributed by atoms with Gasteiger partial charge in [-0.05, 0) is 61.1 Å². The van der Waals surface area contributed by atoms with Crippen molar-refractivity contribution in [1.82, 2.24) is 9.88 Å². The van der Waals surface area contributed by atoms with Crippen LogP contribution in [0, 0.1) is 11.3 Å². The van der Waals surface area contributed by atoms with Crippen molar-refractivity contribution in [3.63, 3.8) is 0 Å². The molecule has 0 atom stereocenters. The highest BCUT2D eigenvalue weighted by molar-refractivity contribution is 5.94. The molecule has 0 radical (unpaired) electrons. The highest BCUT2D eigenvalue weighted by Gasteiger charge is 2.28. The molecule has 1 fully saturated rings. The molecule has 0 saturated carbocycles. The number of ether oxygens (including phenoxy) is 1. The molecule has 1 aliphatic heterocycles. The molecule has 2 heterocycles. The topological polar surface area (TPSA) is 69.5 Å². The molecule has 5 rings (SSSR count). The number of methoxy groups -OCH3 is 1. The third kappa shape index (κ3) is 4.10. The number of piperazine rings is 1. The Morgan fingerprint density at radius 2 is 1.62 bits per heavy atom. The number of aromatic nitrogens is 1. The SMILES string of the molecule is COc1ccc(C(=O)N2CCN(c3nc(-c4ccccc4)c4c(c3C#N)CCCC4)CC2)cc1. The number of hydrogen-bond acceptors (Lipinski definition) is 5. The number of nitriles is 1. The Labute approximate surface area is 200 Å². The number of benzene rings is 2. The van der Waals surface area contributed by atoms with E-state index >= 15 is 0 Å². The van der Waals surface area contributed by atoms with Crippen LogP contribution in [-0.2, 0) is 12.8 Å². The van der Waals surface area contributed by atoms with Gasteiger partial charge < -0.3 is 14.5 Å². The van der Waals surface area contributed by atoms with E-state index < -0.39 is 0 Å². The van der Waals surface area contributed by atoms with Gasteiger partial charge >= 0.3 is 0 Å². The van der Waals surface area contributed by atoms with Gasteiger partial charge in [-0.25, -0.2) is 4.98 Å². The lowest BCUT2D eigenvalue weighted by molar-refractivity contribution is 0.0746. The number of amides is 1. The quantitative estimate of drug-likeness (QED) is 0.584. The standard InChI is InChI=1S/C28H28N4O2/c1-34-22-13-11-21(12-14-22)28(33)32-17-15-31(16-18-32)27-25(19-29)23-9-5-6-10-24(23)26(30-27)20-7-3-2-4-8-20/h2-4,7-8,11-14H,5-6,9-10,15-18H2,1H3. The smallest absolute Gasteiger partial charge is 0.253 e. The predicted octanol–water partition coefficient (Wildman–Crippen LogP) is 4.47. The van der Waals surface area contributed by atoms with Gasteiger partial charge in [-0.15, -0.1) is 0 Å². The minimum absolute atomic E-state index is 0.0196. The van der Waals surface area contributed by atoms with Crippen molar-refractivity contribution >= 4 is 11.7 Å². The number of anilines is 1. The van der Waals surface area contributed by atoms with Gasteiger partial charge in [0, 0.05) is 37.3 Å². The van der Waals surface area contributed by atoms with Crippen LogP contribution in [-0.4, -0.2) is 49.1 Å². The molecule has 0 unspecified atom stereocenters. The molecule has 172 valence electrons. The van der Waals surface area contributed by atoms with E-state index in [1.54, 1.807) is 19.2 Å². The first kappa shape index (κ1) is 22.0. The summed E-state index contributed by atoms with van der Waals surface area (Å²) < 4.78 is 5.20. The van der Waals surface area contributed by atoms with Gasteiger partial charge in [0.05, 0.1) is 18.4 Å². The molecule has 1 amide bonds. The number of nitrogens with zero attached hydrogens (tertiary/aromatic N) is 4. The van der Waals surface area contributed by atoms with Gasteiger partial charge in [0.15, 0.2) is 0 Å². The second-order valence-corrected chi connectivity index (χ2v) is 8.81. The van der Waals surface area contributed by atoms with E-state index in [-0.39, 0.29) is 5.91 Å². The number of rotatable bonds is 4. The van der Waals surface area contributed by atoms with Gasteiger partial charge in [0.25, 0.3) is 5.91 Å². The van der Waals surface area contributed by atoms with Crippen LogP contribution in [0.2, 0.25) is 0 Å². The Kier molecular flexibility index (Phi) is 6.18. The monoisotopic (exact) mass is 452 g/mol. The summed E-state index contributed by atoms with van der Waals surface area (Å²) >= 11 is 0. The Morgan fingerprint density at radius 3 is 2.26 bits per heavy atom. The van der Waals surface area contributed by atoms with Crippen molar-refractivity contribution in [1.29, 1.82) is 5.26 Å². The zero-order valence-electron chi connectivity index (χ0n) is 19.5. The maximum atomic E-state index is 13.0. The highest BCUT2D eigenvalue weighted by Crippen LogP contribution is 2.36. The minimum Gasteiger partial charge on any atom is -0.497 e. The minimum atomic E-state index is 0.0196. The number of pyridine rings is 1. The maximum absolute atomic E-state index is 13.0. The normalized spacial score (nSPS) is 15.4. The molecular formula is C28H28N4O2. The zero-order valence-corrected chi connectivity index (χ0v) is 19.5. The van der Waals surface area contributed by atoms with Gasteiger partial charge in [0.2, 0.25) is 0 Å². The molecular weight excluding hydrogens is 424 g/mol. The summed E-state index contributed by atoms with van der Waals surface area (Å²) in [5, 5.41) is 10.1. The lowest BCUT2D eigenvalue weighted by atomic mass is 9.86. The summed E-state index contributed by atoms with van der Waals surface area (Å²) in [7, 11) is 1.61. The fraction of sp³-hybridized carbons (Fsp3) is 0.321. The summed E-state index contributed by atoms with van der Waals surface area (Å²) in [4.78, 5) is 22.1. The number of fused-ring (bicyclic) bond motifs is 1. The van der Waals surface area contributed by atoms with E-state index in [2.05, 4.69) is 23.1 Å². The van der Waals surface area contributed by atoms with Crippen LogP contribution in [0.4, 0.5) is 5.82 Å². The van der Waals surface area contributed by atoms with Crippen LogP contribution in [0.3, 0.4) is 0 Å². The van der Waals surface area contributed by atoms with E-state index in [0.29, 0.717) is 37.3 Å². The van der Waals surface area contributed by atoms with E-state index in [4.69, 9.17) is 9.72 Å². The fourth-order valence-electron chi connectivity index (χ4n) is 5.03. The maximum Gasteiger partial charge on any atom is 0.253 e. The van der Waals surface area contributed by atoms with E-state index in [1.165, 1.54) is 5.56 Å². The molecule has 34 heavy (non-hydrogen) atoms. The summed E-state index contributed by atoms with van der Waals surface area (Å²) in [5.74, 6) is 1.52. The summed E-state index contributed by atoms with van der Waals surface area (Å²) in [6.07, 6.45) is 4.11. The molecule has 2 aromatic carbocycles. The Bertz CT molecular complexity index is 1220. The molecule has 1 saturated heterocycles. The summed E-state index contributed by atoms with van der Waals surface area (Å²) in [6.45, 7) is 2.48. The van der Waals surface area contributed by atoms with Crippen LogP contribution < -0.4 is 9.64 Å². The molecule has 1 aromatic heterocycles. The third-order valence-corrected chi connectivity index (χ3v) is 6.86. The number of carbonyl (C=O) groups is 1. The van der Waals surface area contributed by atoms with Crippen LogP contribution >= 0.6 is 0 Å². The van der Waals surface area contributed by atoms with Crippen LogP contribution in [0.25, 0.3) is 11.3 Å². The van der Waals surface area contributed by atoms with Crippen molar-refractivity contribution in [3.8, 4) is 23.1 Å². The molecule has 0 N–H and O–H groups in total. The highest BCUT2D eigenvalue weighted by atomic mass is 16.5. The lowest BCUT2D eigenvalue weighted by Crippen LogP contribution is -2.49. The zero-order chi connectivity index (χ0) is 23.5. The van der Waals surface area contributed by atoms with Gasteiger partial charge in [0.1, 0.15) is 17.6 Å². The Hall–Kier alpha value is -3.85. The van der Waals surface area contributed by atoms with E-state index in [9.17, 15) is 10.1 Å². The summed E-state index contributed by atoms with van der Waals surface area (Å²) in [6, 6.07) is 20.0. The second-order valence-electron chi connectivity index (χ2n) is 8.81. The van der Waals surface area contributed by atoms with Crippen molar-refractivity contribution in [2.75, 3.05) is 38.2 Å². The first-order valence-electron chi connectivity index (χ1n) is 11.9. The van der Waals surface area contributed by atoms with Crippen molar-refractivity contribution in [3.05, 3.63) is 76.9 Å². The van der Waals surface area contributed by atoms with Crippen LogP contribution in [0.1, 0.15) is 39.9 Å². The largest absolute Gasteiger partial charge is 0.497 e. The summed E-state index contributed by atoms with van der Waals surface area (Å²) in [5.41, 5.74) is 5.86. The van der Waals surface area contributed by atoms with Crippen molar-refractivity contribution < 1.29 is 9.53 Å². The molecule has 0 bridgehead atoms. The van der Waals surface area contributed by atoms with Crippen LogP contribution in [0.15, 0.2) is 54.6 Å². The van der Waals surface area contributed by atoms with Crippen molar-refractivity contribution in [2.24, 2.45) is 0 Å². The number of carbonyl (C=O) groups excluding carboxylic acids is 1. The Morgan fingerprint density at radius 1 is 0.941 bits per heavy atom. The number of hydrogen-bond donors (Lipinski definition) is 0. The van der Waals surface area contributed by atoms with Gasteiger partial charge in [-0.3, -0.25) is 4.79 Å².